The molecule has 0 radical (unpaired) electrons. The summed E-state index contributed by atoms with van der Waals surface area (Å²) in [5.74, 6) is 0.808. The van der Waals surface area contributed by atoms with E-state index in [9.17, 15) is 0 Å². The first-order valence-corrected chi connectivity index (χ1v) is 9.60. The first kappa shape index (κ1) is 16.4. The van der Waals surface area contributed by atoms with Gasteiger partial charge < -0.3 is 9.64 Å². The van der Waals surface area contributed by atoms with Gasteiger partial charge >= 0.3 is 0 Å². The van der Waals surface area contributed by atoms with Gasteiger partial charge in [0.25, 0.3) is 0 Å². The minimum Gasteiger partial charge on any atom is -0.497 e. The van der Waals surface area contributed by atoms with Crippen molar-refractivity contribution in [2.75, 3.05) is 13.7 Å². The molecule has 1 aliphatic heterocycles. The topological polar surface area (TPSA) is 49.3 Å². The van der Waals surface area contributed by atoms with Gasteiger partial charge in [0, 0.05) is 12.8 Å². The Bertz CT molecular complexity index is 885. The van der Waals surface area contributed by atoms with E-state index in [4.69, 9.17) is 17.0 Å². The number of likely N-dealkylation sites (tertiary alicyclic amines) is 1. The molecule has 0 amide bonds. The van der Waals surface area contributed by atoms with E-state index in [1.165, 1.54) is 22.6 Å². The lowest BCUT2D eigenvalue weighted by molar-refractivity contribution is -0.941. The molecule has 25 heavy (non-hydrogen) atoms. The van der Waals surface area contributed by atoms with Gasteiger partial charge in [0.15, 0.2) is 6.67 Å². The summed E-state index contributed by atoms with van der Waals surface area (Å²) >= 11 is 7.44. The van der Waals surface area contributed by atoms with Crippen molar-refractivity contribution >= 4 is 23.6 Å². The SMILES string of the molecule is COc1ccc(-n2nnn(C[NH+]3CCC[C@H]3c3cccs3)c2=S)cc1. The van der Waals surface area contributed by atoms with E-state index in [-0.39, 0.29) is 0 Å². The second-order valence-electron chi connectivity index (χ2n) is 6.15. The maximum Gasteiger partial charge on any atom is 0.225 e. The molecule has 4 rings (SSSR count). The monoisotopic (exact) mass is 374 g/mol. The maximum atomic E-state index is 5.60. The number of nitrogens with one attached hydrogen (secondary N) is 1. The molecule has 2 atom stereocenters. The zero-order chi connectivity index (χ0) is 17.2. The number of benzene rings is 1. The van der Waals surface area contributed by atoms with Gasteiger partial charge in [-0.15, -0.1) is 11.3 Å². The van der Waals surface area contributed by atoms with Crippen molar-refractivity contribution in [1.82, 2.24) is 19.8 Å². The lowest BCUT2D eigenvalue weighted by Gasteiger charge is -2.19. The third-order valence-electron chi connectivity index (χ3n) is 4.68. The van der Waals surface area contributed by atoms with Crippen LogP contribution in [0.2, 0.25) is 0 Å². The second kappa shape index (κ2) is 7.07. The lowest BCUT2D eigenvalue weighted by Crippen LogP contribution is -3.09. The van der Waals surface area contributed by atoms with E-state index in [1.807, 2.05) is 40.3 Å². The van der Waals surface area contributed by atoms with Crippen LogP contribution in [0.1, 0.15) is 23.8 Å². The highest BCUT2D eigenvalue weighted by atomic mass is 32.1. The first-order chi connectivity index (χ1) is 12.3. The van der Waals surface area contributed by atoms with E-state index in [0.717, 1.165) is 24.7 Å². The zero-order valence-electron chi connectivity index (χ0n) is 14.0. The van der Waals surface area contributed by atoms with Crippen LogP contribution in [0.5, 0.6) is 5.75 Å². The van der Waals surface area contributed by atoms with Crippen LogP contribution in [0.25, 0.3) is 5.69 Å². The summed E-state index contributed by atoms with van der Waals surface area (Å²) < 4.78 is 9.35. The zero-order valence-corrected chi connectivity index (χ0v) is 15.6. The molecule has 1 N–H and O–H groups in total. The Kier molecular flexibility index (Phi) is 4.65. The summed E-state index contributed by atoms with van der Waals surface area (Å²) in [6.45, 7) is 1.89. The summed E-state index contributed by atoms with van der Waals surface area (Å²) in [4.78, 5) is 2.95. The molecular weight excluding hydrogens is 354 g/mol. The number of methoxy groups -OCH3 is 1. The number of aromatic nitrogens is 4. The normalized spacial score (nSPS) is 20.0. The molecule has 2 aromatic heterocycles. The van der Waals surface area contributed by atoms with Gasteiger partial charge in [-0.05, 0) is 58.4 Å². The number of quaternary nitrogens is 1. The van der Waals surface area contributed by atoms with Crippen LogP contribution >= 0.6 is 23.6 Å². The van der Waals surface area contributed by atoms with Crippen LogP contribution < -0.4 is 9.64 Å². The fraction of sp³-hybridized carbons (Fsp3) is 0.353. The van der Waals surface area contributed by atoms with E-state index in [1.54, 1.807) is 11.8 Å². The molecule has 130 valence electrons. The molecule has 0 saturated carbocycles. The van der Waals surface area contributed by atoms with Gasteiger partial charge in [-0.2, -0.15) is 9.36 Å². The highest BCUT2D eigenvalue weighted by Gasteiger charge is 2.31. The summed E-state index contributed by atoms with van der Waals surface area (Å²) in [5.41, 5.74) is 0.892. The number of rotatable bonds is 5. The Labute approximate surface area is 155 Å². The molecule has 3 heterocycles. The number of tetrazole rings is 1. The fourth-order valence-corrected chi connectivity index (χ4v) is 4.55. The Morgan fingerprint density at radius 1 is 1.28 bits per heavy atom. The van der Waals surface area contributed by atoms with Crippen LogP contribution in [-0.2, 0) is 6.67 Å². The van der Waals surface area contributed by atoms with Crippen LogP contribution in [0.3, 0.4) is 0 Å². The minimum absolute atomic E-state index is 0.535. The number of thiophene rings is 1. The standard InChI is InChI=1S/C17H19N5OS2/c1-23-14-8-6-13(7-9-14)22-17(24)21(18-19-22)12-20-10-2-4-15(20)16-5-3-11-25-16/h3,5-9,11,15H,2,4,10,12H2,1H3/p+1/t15-/m0/s1. The third-order valence-corrected chi connectivity index (χ3v) is 6.05. The van der Waals surface area contributed by atoms with E-state index in [2.05, 4.69) is 27.9 Å². The highest BCUT2D eigenvalue weighted by Crippen LogP contribution is 2.23. The molecule has 1 fully saturated rings. The fourth-order valence-electron chi connectivity index (χ4n) is 3.39. The van der Waals surface area contributed by atoms with Crippen LogP contribution in [0.4, 0.5) is 0 Å². The molecule has 0 aliphatic carbocycles. The average molecular weight is 375 g/mol. The van der Waals surface area contributed by atoms with Gasteiger partial charge in [0.1, 0.15) is 11.8 Å². The maximum absolute atomic E-state index is 5.60. The molecule has 3 aromatic rings. The molecule has 1 saturated heterocycles. The summed E-state index contributed by atoms with van der Waals surface area (Å²) in [7, 11) is 1.65. The average Bonchev–Trinajstić information content (AvgIpc) is 3.38. The predicted molar refractivity (Wildman–Crippen MR) is 98.9 cm³/mol. The van der Waals surface area contributed by atoms with Crippen LogP contribution in [-0.4, -0.2) is 33.4 Å². The molecule has 6 nitrogen and oxygen atoms in total. The predicted octanol–water partition coefficient (Wildman–Crippen LogP) is 2.25. The van der Waals surface area contributed by atoms with Crippen LogP contribution in [0, 0.1) is 4.77 Å². The van der Waals surface area contributed by atoms with Gasteiger partial charge in [-0.3, -0.25) is 0 Å². The molecule has 0 bridgehead atoms. The Morgan fingerprint density at radius 3 is 2.84 bits per heavy atom. The quantitative estimate of drug-likeness (QED) is 0.696. The van der Waals surface area contributed by atoms with Crippen molar-refractivity contribution in [3.05, 3.63) is 51.4 Å². The lowest BCUT2D eigenvalue weighted by atomic mass is 10.2. The molecule has 1 aromatic carbocycles. The van der Waals surface area contributed by atoms with Crippen molar-refractivity contribution in [1.29, 1.82) is 0 Å². The van der Waals surface area contributed by atoms with E-state index in [0.29, 0.717) is 10.8 Å². The van der Waals surface area contributed by atoms with Crippen molar-refractivity contribution in [2.24, 2.45) is 0 Å². The van der Waals surface area contributed by atoms with Gasteiger partial charge in [0.05, 0.1) is 24.2 Å². The largest absolute Gasteiger partial charge is 0.497 e. The number of hydrogen-bond acceptors (Lipinski definition) is 5. The first-order valence-electron chi connectivity index (χ1n) is 8.31. The van der Waals surface area contributed by atoms with Crippen molar-refractivity contribution in [3.8, 4) is 11.4 Å². The number of ether oxygens (including phenoxy) is 1. The summed E-state index contributed by atoms with van der Waals surface area (Å²) in [6, 6.07) is 12.6. The Hall–Kier alpha value is -2.03. The summed E-state index contributed by atoms with van der Waals surface area (Å²) in [5, 5.41) is 10.7. The van der Waals surface area contributed by atoms with Crippen molar-refractivity contribution in [3.63, 3.8) is 0 Å². The minimum atomic E-state index is 0.535. The van der Waals surface area contributed by atoms with Gasteiger partial charge in [-0.1, -0.05) is 6.07 Å². The smallest absolute Gasteiger partial charge is 0.225 e. The van der Waals surface area contributed by atoms with Crippen molar-refractivity contribution < 1.29 is 9.64 Å². The highest BCUT2D eigenvalue weighted by molar-refractivity contribution is 7.71. The molecule has 1 aliphatic rings. The molecule has 8 heteroatoms. The Morgan fingerprint density at radius 2 is 2.12 bits per heavy atom. The molecular formula is C17H20N5OS2+. The van der Waals surface area contributed by atoms with Crippen molar-refractivity contribution in [2.45, 2.75) is 25.6 Å². The van der Waals surface area contributed by atoms with Gasteiger partial charge in [0.2, 0.25) is 4.77 Å². The van der Waals surface area contributed by atoms with E-state index >= 15 is 0 Å². The second-order valence-corrected chi connectivity index (χ2v) is 7.49. The Balaban J connectivity index is 1.55. The molecule has 1 unspecified atom stereocenters. The number of nitrogens with zero attached hydrogens (tertiary/aromatic N) is 4. The van der Waals surface area contributed by atoms with Gasteiger partial charge in [-0.25, -0.2) is 0 Å². The van der Waals surface area contributed by atoms with E-state index < -0.39 is 0 Å². The third kappa shape index (κ3) is 3.24. The molecule has 0 spiro atoms. The number of hydrogen-bond donors (Lipinski definition) is 1. The summed E-state index contributed by atoms with van der Waals surface area (Å²) in [6.07, 6.45) is 2.45. The van der Waals surface area contributed by atoms with Crippen LogP contribution in [0.15, 0.2) is 41.8 Å².